The Kier molecular flexibility index (Phi) is 5.13. The third kappa shape index (κ3) is 4.07. The van der Waals surface area contributed by atoms with Crippen LogP contribution in [0.15, 0.2) is 41.3 Å². The van der Waals surface area contributed by atoms with Crippen molar-refractivity contribution in [1.29, 1.82) is 0 Å². The highest BCUT2D eigenvalue weighted by molar-refractivity contribution is 5.89. The summed E-state index contributed by atoms with van der Waals surface area (Å²) in [6.45, 7) is 5.16. The van der Waals surface area contributed by atoms with Gasteiger partial charge in [0.1, 0.15) is 0 Å². The monoisotopic (exact) mass is 330 g/mol. The van der Waals surface area contributed by atoms with Crippen molar-refractivity contribution >= 4 is 11.7 Å². The molecular weight excluding hydrogens is 312 g/mol. The first kappa shape index (κ1) is 17.4. The summed E-state index contributed by atoms with van der Waals surface area (Å²) in [4.78, 5) is 34.5. The zero-order chi connectivity index (χ0) is 17.9. The predicted octanol–water partition coefficient (Wildman–Crippen LogP) is 2.68. The minimum absolute atomic E-state index is 0.120. The van der Waals surface area contributed by atoms with Gasteiger partial charge in [0.05, 0.1) is 29.3 Å². The maximum Gasteiger partial charge on any atom is 0.338 e. The second kappa shape index (κ2) is 7.08. The number of nitrogens with zero attached hydrogens (tertiary/aromatic N) is 2. The van der Waals surface area contributed by atoms with Crippen LogP contribution in [-0.2, 0) is 11.3 Å². The molecule has 0 radical (unpaired) electrons. The first-order chi connectivity index (χ1) is 11.3. The van der Waals surface area contributed by atoms with E-state index in [1.807, 2.05) is 0 Å². The van der Waals surface area contributed by atoms with Crippen molar-refractivity contribution in [2.24, 2.45) is 0 Å². The minimum Gasteiger partial charge on any atom is -0.459 e. The molecule has 7 nitrogen and oxygen atoms in total. The van der Waals surface area contributed by atoms with Crippen LogP contribution in [0.3, 0.4) is 0 Å². The standard InChI is InChI=1S/C17H18N2O5/c1-11(2)24-17(21)14-6-4-5-13(8-14)9-18-10-15(19(22)23)12(3)7-16(18)20/h4-8,10-11H,9H2,1-3H3. The van der Waals surface area contributed by atoms with Crippen molar-refractivity contribution in [1.82, 2.24) is 4.57 Å². The van der Waals surface area contributed by atoms with Gasteiger partial charge in [-0.25, -0.2) is 4.79 Å². The normalized spacial score (nSPS) is 10.7. The van der Waals surface area contributed by atoms with Crippen LogP contribution in [0.1, 0.15) is 35.3 Å². The van der Waals surface area contributed by atoms with Gasteiger partial charge < -0.3 is 9.30 Å². The number of hydrogen-bond donors (Lipinski definition) is 0. The van der Waals surface area contributed by atoms with E-state index in [2.05, 4.69) is 0 Å². The van der Waals surface area contributed by atoms with Crippen LogP contribution >= 0.6 is 0 Å². The SMILES string of the molecule is Cc1cc(=O)n(Cc2cccc(C(=O)OC(C)C)c2)cc1[N+](=O)[O-]. The zero-order valence-corrected chi connectivity index (χ0v) is 13.7. The number of pyridine rings is 1. The zero-order valence-electron chi connectivity index (χ0n) is 13.7. The molecule has 0 saturated heterocycles. The third-order valence-corrected chi connectivity index (χ3v) is 3.36. The Morgan fingerprint density at radius 3 is 2.67 bits per heavy atom. The number of nitro groups is 1. The molecule has 0 saturated carbocycles. The molecule has 2 aromatic rings. The van der Waals surface area contributed by atoms with E-state index in [0.717, 1.165) is 0 Å². The van der Waals surface area contributed by atoms with Crippen LogP contribution in [0, 0.1) is 17.0 Å². The fraction of sp³-hybridized carbons (Fsp3) is 0.294. The van der Waals surface area contributed by atoms with Crippen molar-refractivity contribution in [2.45, 2.75) is 33.4 Å². The van der Waals surface area contributed by atoms with Gasteiger partial charge >= 0.3 is 5.97 Å². The van der Waals surface area contributed by atoms with Crippen molar-refractivity contribution in [2.75, 3.05) is 0 Å². The maximum absolute atomic E-state index is 12.0. The van der Waals surface area contributed by atoms with E-state index >= 15 is 0 Å². The molecule has 126 valence electrons. The number of benzene rings is 1. The lowest BCUT2D eigenvalue weighted by Gasteiger charge is -2.10. The Morgan fingerprint density at radius 1 is 1.33 bits per heavy atom. The van der Waals surface area contributed by atoms with Crippen LogP contribution in [0.25, 0.3) is 0 Å². The van der Waals surface area contributed by atoms with Gasteiger partial charge in [0, 0.05) is 11.6 Å². The number of ether oxygens (including phenoxy) is 1. The lowest BCUT2D eigenvalue weighted by molar-refractivity contribution is -0.385. The molecule has 0 aliphatic heterocycles. The topological polar surface area (TPSA) is 91.4 Å². The summed E-state index contributed by atoms with van der Waals surface area (Å²) in [5, 5.41) is 11.0. The molecule has 0 unspecified atom stereocenters. The number of carbonyl (C=O) groups excluding carboxylic acids is 1. The summed E-state index contributed by atoms with van der Waals surface area (Å²) < 4.78 is 6.38. The molecule has 0 aliphatic carbocycles. The summed E-state index contributed by atoms with van der Waals surface area (Å²) in [5.41, 5.74) is 0.901. The second-order valence-corrected chi connectivity index (χ2v) is 5.72. The molecule has 1 heterocycles. The Morgan fingerprint density at radius 2 is 2.04 bits per heavy atom. The van der Waals surface area contributed by atoms with Crippen LogP contribution in [0.5, 0.6) is 0 Å². The largest absolute Gasteiger partial charge is 0.459 e. The first-order valence-corrected chi connectivity index (χ1v) is 7.43. The van der Waals surface area contributed by atoms with E-state index in [1.165, 1.54) is 23.8 Å². The Bertz CT molecular complexity index is 839. The quantitative estimate of drug-likeness (QED) is 0.477. The molecule has 7 heteroatoms. The minimum atomic E-state index is -0.526. The molecule has 1 aromatic carbocycles. The average molecular weight is 330 g/mol. The smallest absolute Gasteiger partial charge is 0.338 e. The maximum atomic E-state index is 12.0. The van der Waals surface area contributed by atoms with Crippen molar-refractivity contribution < 1.29 is 14.5 Å². The Balaban J connectivity index is 2.32. The van der Waals surface area contributed by atoms with Crippen molar-refractivity contribution in [3.05, 3.63) is 73.7 Å². The number of aromatic nitrogens is 1. The van der Waals surface area contributed by atoms with E-state index < -0.39 is 10.9 Å². The summed E-state index contributed by atoms with van der Waals surface area (Å²) in [6.07, 6.45) is 0.986. The molecule has 2 rings (SSSR count). The van der Waals surface area contributed by atoms with Gasteiger partial charge in [0.25, 0.3) is 11.2 Å². The van der Waals surface area contributed by atoms with Gasteiger partial charge in [0.2, 0.25) is 0 Å². The third-order valence-electron chi connectivity index (χ3n) is 3.36. The van der Waals surface area contributed by atoms with Crippen LogP contribution in [0.4, 0.5) is 5.69 Å². The van der Waals surface area contributed by atoms with Gasteiger partial charge in [-0.15, -0.1) is 0 Å². The lowest BCUT2D eigenvalue weighted by atomic mass is 10.1. The van der Waals surface area contributed by atoms with Crippen molar-refractivity contribution in [3.63, 3.8) is 0 Å². The summed E-state index contributed by atoms with van der Waals surface area (Å²) in [5.74, 6) is -0.450. The number of esters is 1. The number of rotatable bonds is 5. The van der Waals surface area contributed by atoms with Gasteiger partial charge in [-0.2, -0.15) is 0 Å². The fourth-order valence-electron chi connectivity index (χ4n) is 2.25. The Labute approximate surface area is 138 Å². The molecular formula is C17H18N2O5. The highest BCUT2D eigenvalue weighted by Crippen LogP contribution is 2.15. The second-order valence-electron chi connectivity index (χ2n) is 5.72. The molecule has 0 N–H and O–H groups in total. The average Bonchev–Trinajstić information content (AvgIpc) is 2.49. The van der Waals surface area contributed by atoms with E-state index in [-0.39, 0.29) is 23.9 Å². The highest BCUT2D eigenvalue weighted by atomic mass is 16.6. The molecule has 1 aromatic heterocycles. The molecule has 0 spiro atoms. The number of carbonyl (C=O) groups is 1. The summed E-state index contributed by atoms with van der Waals surface area (Å²) >= 11 is 0. The lowest BCUT2D eigenvalue weighted by Crippen LogP contribution is -2.21. The van der Waals surface area contributed by atoms with E-state index in [0.29, 0.717) is 16.7 Å². The number of hydrogen-bond acceptors (Lipinski definition) is 5. The predicted molar refractivity (Wildman–Crippen MR) is 88.2 cm³/mol. The van der Waals surface area contributed by atoms with Gasteiger partial charge in [-0.1, -0.05) is 12.1 Å². The van der Waals surface area contributed by atoms with E-state index in [4.69, 9.17) is 4.74 Å². The van der Waals surface area contributed by atoms with Crippen LogP contribution in [-0.4, -0.2) is 21.6 Å². The molecule has 0 atom stereocenters. The van der Waals surface area contributed by atoms with Gasteiger partial charge in [0.15, 0.2) is 0 Å². The van der Waals surface area contributed by atoms with Crippen molar-refractivity contribution in [3.8, 4) is 0 Å². The van der Waals surface area contributed by atoms with E-state index in [9.17, 15) is 19.7 Å². The van der Waals surface area contributed by atoms with E-state index in [1.54, 1.807) is 38.1 Å². The van der Waals surface area contributed by atoms with Crippen LogP contribution < -0.4 is 5.56 Å². The van der Waals surface area contributed by atoms with Gasteiger partial charge in [-0.05, 0) is 38.5 Å². The first-order valence-electron chi connectivity index (χ1n) is 7.43. The van der Waals surface area contributed by atoms with Crippen LogP contribution in [0.2, 0.25) is 0 Å². The highest BCUT2D eigenvalue weighted by Gasteiger charge is 2.14. The molecule has 0 amide bonds. The Hall–Kier alpha value is -2.96. The molecule has 0 fully saturated rings. The molecule has 0 aliphatic rings. The fourth-order valence-corrected chi connectivity index (χ4v) is 2.25. The molecule has 24 heavy (non-hydrogen) atoms. The van der Waals surface area contributed by atoms with Gasteiger partial charge in [-0.3, -0.25) is 14.9 Å². The number of aryl methyl sites for hydroxylation is 1. The summed E-state index contributed by atoms with van der Waals surface area (Å²) in [6, 6.07) is 7.89. The summed E-state index contributed by atoms with van der Waals surface area (Å²) in [7, 11) is 0. The molecule has 0 bridgehead atoms.